The number of aliphatic carboxylic acids is 1. The van der Waals surface area contributed by atoms with Gasteiger partial charge in [0.25, 0.3) is 0 Å². The second-order valence-electron chi connectivity index (χ2n) is 4.09. The van der Waals surface area contributed by atoms with Crippen molar-refractivity contribution in [1.82, 2.24) is 4.90 Å². The first-order valence-corrected chi connectivity index (χ1v) is 4.97. The van der Waals surface area contributed by atoms with E-state index in [2.05, 4.69) is 6.58 Å². The van der Waals surface area contributed by atoms with Crippen LogP contribution in [0.5, 0.6) is 0 Å². The summed E-state index contributed by atoms with van der Waals surface area (Å²) < 4.78 is 0. The minimum atomic E-state index is -1.01. The van der Waals surface area contributed by atoms with Gasteiger partial charge in [-0.3, -0.25) is 9.59 Å². The highest BCUT2D eigenvalue weighted by molar-refractivity contribution is 5.84. The monoisotopic (exact) mass is 213 g/mol. The van der Waals surface area contributed by atoms with Gasteiger partial charge in [0.2, 0.25) is 5.91 Å². The molecule has 0 spiro atoms. The maximum atomic E-state index is 11.7. The Labute approximate surface area is 90.6 Å². The fourth-order valence-electron chi connectivity index (χ4n) is 1.13. The number of rotatable bonds is 6. The van der Waals surface area contributed by atoms with Crippen LogP contribution in [0, 0.1) is 5.41 Å². The molecule has 4 nitrogen and oxygen atoms in total. The Bertz CT molecular complexity index is 259. The predicted molar refractivity (Wildman–Crippen MR) is 58.5 cm³/mol. The molecular weight excluding hydrogens is 194 g/mol. The molecule has 0 heterocycles. The molecule has 0 rings (SSSR count). The third-order valence-electron chi connectivity index (χ3n) is 2.26. The first-order chi connectivity index (χ1) is 6.85. The topological polar surface area (TPSA) is 57.6 Å². The Hall–Kier alpha value is -1.32. The van der Waals surface area contributed by atoms with Crippen LogP contribution in [0.25, 0.3) is 0 Å². The van der Waals surface area contributed by atoms with Gasteiger partial charge in [-0.1, -0.05) is 6.08 Å². The quantitative estimate of drug-likeness (QED) is 0.680. The number of nitrogens with zero attached hydrogens (tertiary/aromatic N) is 1. The lowest BCUT2D eigenvalue weighted by Gasteiger charge is -2.24. The molecule has 0 atom stereocenters. The maximum absolute atomic E-state index is 11.7. The largest absolute Gasteiger partial charge is 0.481 e. The van der Waals surface area contributed by atoms with E-state index in [-0.39, 0.29) is 12.3 Å². The summed E-state index contributed by atoms with van der Waals surface area (Å²) in [6.07, 6.45) is 1.65. The van der Waals surface area contributed by atoms with Crippen LogP contribution in [0.2, 0.25) is 0 Å². The summed E-state index contributed by atoms with van der Waals surface area (Å²) in [6.45, 7) is 9.54. The molecule has 15 heavy (non-hydrogen) atoms. The number of carboxylic acid groups (broad SMARTS) is 1. The Balaban J connectivity index is 4.46. The molecule has 0 aliphatic rings. The van der Waals surface area contributed by atoms with E-state index < -0.39 is 11.4 Å². The molecule has 0 radical (unpaired) electrons. The van der Waals surface area contributed by atoms with Crippen LogP contribution in [0.4, 0.5) is 0 Å². The van der Waals surface area contributed by atoms with Crippen LogP contribution in [-0.2, 0) is 9.59 Å². The first-order valence-electron chi connectivity index (χ1n) is 4.97. The normalized spacial score (nSPS) is 10.9. The molecule has 0 aliphatic heterocycles. The fraction of sp³-hybridized carbons (Fsp3) is 0.636. The summed E-state index contributed by atoms with van der Waals surface area (Å²) in [4.78, 5) is 24.1. The number of carbonyl (C=O) groups excluding carboxylic acids is 1. The van der Waals surface area contributed by atoms with Gasteiger partial charge in [-0.2, -0.15) is 0 Å². The van der Waals surface area contributed by atoms with Gasteiger partial charge in [0, 0.05) is 19.5 Å². The van der Waals surface area contributed by atoms with Crippen LogP contribution in [0.3, 0.4) is 0 Å². The van der Waals surface area contributed by atoms with Gasteiger partial charge in [0.1, 0.15) is 0 Å². The Morgan fingerprint density at radius 1 is 1.47 bits per heavy atom. The van der Waals surface area contributed by atoms with Crippen LogP contribution in [0.1, 0.15) is 27.2 Å². The Kier molecular flexibility index (Phi) is 5.05. The van der Waals surface area contributed by atoms with E-state index in [1.165, 1.54) is 0 Å². The predicted octanol–water partition coefficient (Wildman–Crippen LogP) is 1.52. The number of hydrogen-bond acceptors (Lipinski definition) is 2. The number of hydrogen-bond donors (Lipinski definition) is 1. The third kappa shape index (κ3) is 4.14. The van der Waals surface area contributed by atoms with Gasteiger partial charge < -0.3 is 10.0 Å². The SMILES string of the molecule is C=CCN(CC)C(=O)CC(C)(C)C(=O)O. The average Bonchev–Trinajstić information content (AvgIpc) is 2.12. The standard InChI is InChI=1S/C11H19NO3/c1-5-7-12(6-2)9(13)8-11(3,4)10(14)15/h5H,1,6-8H2,2-4H3,(H,14,15). The molecule has 0 bridgehead atoms. The van der Waals surface area contributed by atoms with E-state index in [4.69, 9.17) is 5.11 Å². The molecule has 0 saturated carbocycles. The lowest BCUT2D eigenvalue weighted by Crippen LogP contribution is -2.36. The van der Waals surface area contributed by atoms with Crippen molar-refractivity contribution in [1.29, 1.82) is 0 Å². The van der Waals surface area contributed by atoms with E-state index in [9.17, 15) is 9.59 Å². The van der Waals surface area contributed by atoms with Crippen molar-refractivity contribution in [3.63, 3.8) is 0 Å². The molecule has 0 saturated heterocycles. The molecule has 1 N–H and O–H groups in total. The summed E-state index contributed by atoms with van der Waals surface area (Å²) in [7, 11) is 0. The summed E-state index contributed by atoms with van der Waals surface area (Å²) in [5, 5.41) is 8.88. The van der Waals surface area contributed by atoms with Crippen molar-refractivity contribution in [3.05, 3.63) is 12.7 Å². The third-order valence-corrected chi connectivity index (χ3v) is 2.26. The molecule has 0 aromatic rings. The molecule has 0 aromatic carbocycles. The lowest BCUT2D eigenvalue weighted by molar-refractivity contribution is -0.151. The van der Waals surface area contributed by atoms with Crippen molar-refractivity contribution < 1.29 is 14.7 Å². The lowest BCUT2D eigenvalue weighted by atomic mass is 9.89. The van der Waals surface area contributed by atoms with Gasteiger partial charge >= 0.3 is 5.97 Å². The molecule has 1 amide bonds. The van der Waals surface area contributed by atoms with Crippen LogP contribution >= 0.6 is 0 Å². The maximum Gasteiger partial charge on any atom is 0.309 e. The molecular formula is C11H19NO3. The minimum absolute atomic E-state index is 0.0179. The molecule has 0 aliphatic carbocycles. The van der Waals surface area contributed by atoms with E-state index in [1.54, 1.807) is 24.8 Å². The molecule has 0 unspecified atom stereocenters. The van der Waals surface area contributed by atoms with E-state index in [1.807, 2.05) is 6.92 Å². The number of carboxylic acids is 1. The van der Waals surface area contributed by atoms with Crippen LogP contribution in [-0.4, -0.2) is 35.0 Å². The number of likely N-dealkylation sites (N-methyl/N-ethyl adjacent to an activating group) is 1. The minimum Gasteiger partial charge on any atom is -0.481 e. The zero-order valence-electron chi connectivity index (χ0n) is 9.62. The van der Waals surface area contributed by atoms with Crippen LogP contribution < -0.4 is 0 Å². The molecule has 86 valence electrons. The average molecular weight is 213 g/mol. The van der Waals surface area contributed by atoms with Gasteiger partial charge in [0.15, 0.2) is 0 Å². The van der Waals surface area contributed by atoms with Crippen LogP contribution in [0.15, 0.2) is 12.7 Å². The van der Waals surface area contributed by atoms with Gasteiger partial charge in [0.05, 0.1) is 5.41 Å². The van der Waals surface area contributed by atoms with Crippen molar-refractivity contribution in [3.8, 4) is 0 Å². The second kappa shape index (κ2) is 5.53. The highest BCUT2D eigenvalue weighted by Crippen LogP contribution is 2.21. The van der Waals surface area contributed by atoms with Gasteiger partial charge in [-0.05, 0) is 20.8 Å². The highest BCUT2D eigenvalue weighted by Gasteiger charge is 2.31. The van der Waals surface area contributed by atoms with Crippen molar-refractivity contribution >= 4 is 11.9 Å². The smallest absolute Gasteiger partial charge is 0.309 e. The van der Waals surface area contributed by atoms with E-state index in [0.29, 0.717) is 13.1 Å². The van der Waals surface area contributed by atoms with E-state index >= 15 is 0 Å². The Morgan fingerprint density at radius 2 is 2.00 bits per heavy atom. The summed E-state index contributed by atoms with van der Waals surface area (Å²) in [5.74, 6) is -1.10. The number of amides is 1. The second-order valence-corrected chi connectivity index (χ2v) is 4.09. The molecule has 0 aromatic heterocycles. The van der Waals surface area contributed by atoms with Gasteiger partial charge in [-0.15, -0.1) is 6.58 Å². The summed E-state index contributed by atoms with van der Waals surface area (Å²) in [5.41, 5.74) is -1.01. The number of carbonyl (C=O) groups is 2. The van der Waals surface area contributed by atoms with Crippen molar-refractivity contribution in [2.45, 2.75) is 27.2 Å². The first kappa shape index (κ1) is 13.7. The van der Waals surface area contributed by atoms with E-state index in [0.717, 1.165) is 0 Å². The van der Waals surface area contributed by atoms with Gasteiger partial charge in [-0.25, -0.2) is 0 Å². The molecule has 0 fully saturated rings. The summed E-state index contributed by atoms with van der Waals surface area (Å²) in [6, 6.07) is 0. The Morgan fingerprint density at radius 3 is 2.33 bits per heavy atom. The summed E-state index contributed by atoms with van der Waals surface area (Å²) >= 11 is 0. The zero-order valence-corrected chi connectivity index (χ0v) is 9.62. The zero-order chi connectivity index (χ0) is 12.1. The fourth-order valence-corrected chi connectivity index (χ4v) is 1.13. The van der Waals surface area contributed by atoms with Crippen molar-refractivity contribution in [2.24, 2.45) is 5.41 Å². The molecule has 4 heteroatoms. The highest BCUT2D eigenvalue weighted by atomic mass is 16.4. The van der Waals surface area contributed by atoms with Crippen molar-refractivity contribution in [2.75, 3.05) is 13.1 Å².